The first kappa shape index (κ1) is 13.0. The van der Waals surface area contributed by atoms with E-state index in [0.717, 1.165) is 16.4 Å². The summed E-state index contributed by atoms with van der Waals surface area (Å²) in [4.78, 5) is 1.19. The standard InChI is InChI=1S/C14H19N3S/c1-9(2)17-14(13(15)11(4)16-17)18-12-7-5-10(3)6-8-12/h5-9H,15H2,1-4H3. The van der Waals surface area contributed by atoms with Crippen molar-refractivity contribution in [1.29, 1.82) is 0 Å². The third kappa shape index (κ3) is 2.53. The van der Waals surface area contributed by atoms with Crippen LogP contribution in [-0.4, -0.2) is 9.78 Å². The van der Waals surface area contributed by atoms with Gasteiger partial charge in [0.2, 0.25) is 0 Å². The lowest BCUT2D eigenvalue weighted by Crippen LogP contribution is -2.04. The van der Waals surface area contributed by atoms with Gasteiger partial charge in [-0.1, -0.05) is 29.5 Å². The van der Waals surface area contributed by atoms with Gasteiger partial charge in [-0.15, -0.1) is 0 Å². The first-order chi connectivity index (χ1) is 8.49. The molecule has 0 atom stereocenters. The molecule has 0 saturated heterocycles. The maximum absolute atomic E-state index is 6.11. The highest BCUT2D eigenvalue weighted by Gasteiger charge is 2.15. The van der Waals surface area contributed by atoms with Crippen LogP contribution in [0.2, 0.25) is 0 Å². The molecule has 2 rings (SSSR count). The second kappa shape index (κ2) is 5.06. The van der Waals surface area contributed by atoms with Gasteiger partial charge in [0, 0.05) is 10.9 Å². The van der Waals surface area contributed by atoms with Gasteiger partial charge < -0.3 is 5.73 Å². The van der Waals surface area contributed by atoms with Crippen molar-refractivity contribution in [3.63, 3.8) is 0 Å². The Morgan fingerprint density at radius 3 is 2.33 bits per heavy atom. The normalized spacial score (nSPS) is 11.2. The van der Waals surface area contributed by atoms with E-state index in [4.69, 9.17) is 5.73 Å². The topological polar surface area (TPSA) is 43.8 Å². The minimum Gasteiger partial charge on any atom is -0.395 e. The SMILES string of the molecule is Cc1ccc(Sc2c(N)c(C)nn2C(C)C)cc1. The summed E-state index contributed by atoms with van der Waals surface area (Å²) in [5.74, 6) is 0. The van der Waals surface area contributed by atoms with Crippen molar-refractivity contribution < 1.29 is 0 Å². The molecule has 0 saturated carbocycles. The van der Waals surface area contributed by atoms with Crippen LogP contribution in [0.15, 0.2) is 34.2 Å². The molecule has 0 bridgehead atoms. The average Bonchev–Trinajstić information content (AvgIpc) is 2.60. The van der Waals surface area contributed by atoms with Gasteiger partial charge in [0.25, 0.3) is 0 Å². The zero-order valence-electron chi connectivity index (χ0n) is 11.3. The van der Waals surface area contributed by atoms with Crippen molar-refractivity contribution in [3.8, 4) is 0 Å². The second-order valence-electron chi connectivity index (χ2n) is 4.76. The molecule has 1 aromatic heterocycles. The number of nitrogen functional groups attached to an aromatic ring is 1. The monoisotopic (exact) mass is 261 g/mol. The van der Waals surface area contributed by atoms with Gasteiger partial charge in [-0.25, -0.2) is 0 Å². The Morgan fingerprint density at radius 2 is 1.78 bits per heavy atom. The highest BCUT2D eigenvalue weighted by atomic mass is 32.2. The van der Waals surface area contributed by atoms with Crippen LogP contribution in [0.5, 0.6) is 0 Å². The Hall–Kier alpha value is -1.42. The number of aromatic nitrogens is 2. The zero-order valence-corrected chi connectivity index (χ0v) is 12.1. The molecule has 96 valence electrons. The van der Waals surface area contributed by atoms with Crippen molar-refractivity contribution in [3.05, 3.63) is 35.5 Å². The van der Waals surface area contributed by atoms with Crippen LogP contribution in [0, 0.1) is 13.8 Å². The molecule has 1 aromatic carbocycles. The Morgan fingerprint density at radius 1 is 1.17 bits per heavy atom. The third-order valence-corrected chi connectivity index (χ3v) is 3.92. The van der Waals surface area contributed by atoms with Crippen molar-refractivity contribution in [2.45, 2.75) is 43.7 Å². The van der Waals surface area contributed by atoms with Gasteiger partial charge in [-0.05, 0) is 39.8 Å². The van der Waals surface area contributed by atoms with Gasteiger partial charge in [0.1, 0.15) is 5.03 Å². The second-order valence-corrected chi connectivity index (χ2v) is 5.82. The van der Waals surface area contributed by atoms with Crippen molar-refractivity contribution in [1.82, 2.24) is 9.78 Å². The summed E-state index contributed by atoms with van der Waals surface area (Å²) in [5.41, 5.74) is 9.07. The van der Waals surface area contributed by atoms with E-state index >= 15 is 0 Å². The summed E-state index contributed by atoms with van der Waals surface area (Å²) < 4.78 is 2.00. The van der Waals surface area contributed by atoms with Crippen molar-refractivity contribution >= 4 is 17.4 Å². The summed E-state index contributed by atoms with van der Waals surface area (Å²) >= 11 is 1.67. The number of anilines is 1. The third-order valence-electron chi connectivity index (χ3n) is 2.81. The molecule has 3 nitrogen and oxygen atoms in total. The Kier molecular flexibility index (Phi) is 3.66. The quantitative estimate of drug-likeness (QED) is 0.913. The van der Waals surface area contributed by atoms with Crippen molar-refractivity contribution in [2.75, 3.05) is 5.73 Å². The van der Waals surface area contributed by atoms with E-state index in [0.29, 0.717) is 6.04 Å². The number of rotatable bonds is 3. The van der Waals surface area contributed by atoms with Crippen LogP contribution >= 0.6 is 11.8 Å². The summed E-state index contributed by atoms with van der Waals surface area (Å²) in [6, 6.07) is 8.77. The zero-order chi connectivity index (χ0) is 13.3. The molecular formula is C14H19N3S. The molecule has 0 aliphatic carbocycles. The number of aryl methyl sites for hydroxylation is 2. The lowest BCUT2D eigenvalue weighted by molar-refractivity contribution is 0.491. The molecule has 1 heterocycles. The fourth-order valence-electron chi connectivity index (χ4n) is 1.71. The number of hydrogen-bond donors (Lipinski definition) is 1. The first-order valence-corrected chi connectivity index (χ1v) is 6.89. The van der Waals surface area contributed by atoms with Gasteiger partial charge in [0.15, 0.2) is 0 Å². The highest BCUT2D eigenvalue weighted by molar-refractivity contribution is 7.99. The van der Waals surface area contributed by atoms with E-state index in [1.807, 2.05) is 11.6 Å². The minimum absolute atomic E-state index is 0.314. The molecule has 2 N–H and O–H groups in total. The van der Waals surface area contributed by atoms with E-state index in [2.05, 4.69) is 50.1 Å². The van der Waals surface area contributed by atoms with Gasteiger partial charge >= 0.3 is 0 Å². The maximum Gasteiger partial charge on any atom is 0.122 e. The fourth-order valence-corrected chi connectivity index (χ4v) is 2.81. The summed E-state index contributed by atoms with van der Waals surface area (Å²) in [6.07, 6.45) is 0. The van der Waals surface area contributed by atoms with Gasteiger partial charge in [-0.2, -0.15) is 5.10 Å². The molecule has 0 fully saturated rings. The molecule has 18 heavy (non-hydrogen) atoms. The Labute approximate surface area is 112 Å². The smallest absolute Gasteiger partial charge is 0.122 e. The molecule has 2 aromatic rings. The predicted molar refractivity (Wildman–Crippen MR) is 77.1 cm³/mol. The van der Waals surface area contributed by atoms with Crippen LogP contribution in [-0.2, 0) is 0 Å². The van der Waals surface area contributed by atoms with E-state index in [1.165, 1.54) is 10.5 Å². The van der Waals surface area contributed by atoms with Crippen LogP contribution in [0.3, 0.4) is 0 Å². The molecule has 0 radical (unpaired) electrons. The first-order valence-electron chi connectivity index (χ1n) is 6.08. The lowest BCUT2D eigenvalue weighted by Gasteiger charge is -2.11. The van der Waals surface area contributed by atoms with Gasteiger partial charge in [-0.3, -0.25) is 4.68 Å². The van der Waals surface area contributed by atoms with E-state index in [-0.39, 0.29) is 0 Å². The summed E-state index contributed by atoms with van der Waals surface area (Å²) in [7, 11) is 0. The number of nitrogens with zero attached hydrogens (tertiary/aromatic N) is 2. The molecule has 0 spiro atoms. The number of nitrogens with two attached hydrogens (primary N) is 1. The van der Waals surface area contributed by atoms with Crippen LogP contribution in [0.4, 0.5) is 5.69 Å². The van der Waals surface area contributed by atoms with Crippen LogP contribution < -0.4 is 5.73 Å². The lowest BCUT2D eigenvalue weighted by atomic mass is 10.2. The van der Waals surface area contributed by atoms with Crippen LogP contribution in [0.25, 0.3) is 0 Å². The number of hydrogen-bond acceptors (Lipinski definition) is 3. The molecule has 0 unspecified atom stereocenters. The highest BCUT2D eigenvalue weighted by Crippen LogP contribution is 2.35. The summed E-state index contributed by atoms with van der Waals surface area (Å²) in [6.45, 7) is 8.27. The average molecular weight is 261 g/mol. The van der Waals surface area contributed by atoms with Gasteiger partial charge in [0.05, 0.1) is 11.4 Å². The Balaban J connectivity index is 2.36. The molecular weight excluding hydrogens is 242 g/mol. The summed E-state index contributed by atoms with van der Waals surface area (Å²) in [5, 5.41) is 5.53. The predicted octanol–water partition coefficient (Wildman–Crippen LogP) is 3.81. The van der Waals surface area contributed by atoms with E-state index in [1.54, 1.807) is 11.8 Å². The maximum atomic E-state index is 6.11. The van der Waals surface area contributed by atoms with Crippen molar-refractivity contribution in [2.24, 2.45) is 0 Å². The fraction of sp³-hybridized carbons (Fsp3) is 0.357. The molecule has 4 heteroatoms. The largest absolute Gasteiger partial charge is 0.395 e. The van der Waals surface area contributed by atoms with E-state index in [9.17, 15) is 0 Å². The molecule has 0 aliphatic rings. The minimum atomic E-state index is 0.314. The van der Waals surface area contributed by atoms with E-state index < -0.39 is 0 Å². The number of benzene rings is 1. The van der Waals surface area contributed by atoms with Crippen LogP contribution in [0.1, 0.15) is 31.1 Å². The molecule has 0 amide bonds. The Bertz CT molecular complexity index is 541. The molecule has 0 aliphatic heterocycles.